The Kier molecular flexibility index (Phi) is 5.14. The Morgan fingerprint density at radius 3 is 2.42 bits per heavy atom. The predicted molar refractivity (Wildman–Crippen MR) is 95.8 cm³/mol. The van der Waals surface area contributed by atoms with Gasteiger partial charge in [0.15, 0.2) is 0 Å². The van der Waals surface area contributed by atoms with E-state index in [4.69, 9.17) is 16.3 Å². The van der Waals surface area contributed by atoms with Crippen LogP contribution >= 0.6 is 11.6 Å². The van der Waals surface area contributed by atoms with Crippen molar-refractivity contribution in [3.8, 4) is 5.75 Å². The summed E-state index contributed by atoms with van der Waals surface area (Å²) < 4.78 is 46.7. The van der Waals surface area contributed by atoms with Crippen LogP contribution in [0.3, 0.4) is 0 Å². The summed E-state index contributed by atoms with van der Waals surface area (Å²) in [6.07, 6.45) is -4.07. The van der Waals surface area contributed by atoms with Crippen LogP contribution in [0.15, 0.2) is 36.4 Å². The monoisotopic (exact) mass is 382 g/mol. The van der Waals surface area contributed by atoms with E-state index in [0.717, 1.165) is 11.1 Å². The number of imidazole rings is 1. The van der Waals surface area contributed by atoms with Gasteiger partial charge >= 0.3 is 6.18 Å². The van der Waals surface area contributed by atoms with E-state index in [9.17, 15) is 13.2 Å². The average molecular weight is 383 g/mol. The van der Waals surface area contributed by atoms with E-state index in [1.165, 1.54) is 4.57 Å². The van der Waals surface area contributed by atoms with Gasteiger partial charge in [-0.2, -0.15) is 13.2 Å². The summed E-state index contributed by atoms with van der Waals surface area (Å²) in [4.78, 5) is 3.74. The van der Waals surface area contributed by atoms with Gasteiger partial charge in [-0.1, -0.05) is 23.7 Å². The van der Waals surface area contributed by atoms with Crippen LogP contribution in [0.2, 0.25) is 5.02 Å². The average Bonchev–Trinajstić information content (AvgIpc) is 2.95. The van der Waals surface area contributed by atoms with E-state index in [1.54, 1.807) is 24.3 Å². The molecule has 0 unspecified atom stereocenters. The van der Waals surface area contributed by atoms with Crippen molar-refractivity contribution in [1.29, 1.82) is 0 Å². The molecule has 0 N–H and O–H groups in total. The number of fused-ring (bicyclic) bond motifs is 1. The highest BCUT2D eigenvalue weighted by atomic mass is 35.5. The fraction of sp³-hybridized carbons (Fsp3) is 0.316. The first-order valence-corrected chi connectivity index (χ1v) is 8.57. The zero-order valence-electron chi connectivity index (χ0n) is 14.4. The van der Waals surface area contributed by atoms with Crippen molar-refractivity contribution >= 4 is 22.6 Å². The van der Waals surface area contributed by atoms with Gasteiger partial charge in [0.1, 0.15) is 5.75 Å². The Bertz CT molecular complexity index is 911. The molecule has 0 saturated carbocycles. The smallest absolute Gasteiger partial charge is 0.449 e. The molecule has 1 aromatic heterocycles. The lowest BCUT2D eigenvalue weighted by atomic mass is 10.1. The molecule has 0 spiro atoms. The van der Waals surface area contributed by atoms with Crippen molar-refractivity contribution in [1.82, 2.24) is 9.55 Å². The molecule has 0 atom stereocenters. The van der Waals surface area contributed by atoms with Gasteiger partial charge in [-0.05, 0) is 55.7 Å². The van der Waals surface area contributed by atoms with E-state index in [0.29, 0.717) is 34.8 Å². The lowest BCUT2D eigenvalue weighted by Gasteiger charge is -2.13. The number of halogens is 4. The third-order valence-corrected chi connectivity index (χ3v) is 4.71. The van der Waals surface area contributed by atoms with Crippen molar-refractivity contribution in [3.63, 3.8) is 0 Å². The molecule has 3 nitrogen and oxygen atoms in total. The highest BCUT2D eigenvalue weighted by Gasteiger charge is 2.37. The maximum Gasteiger partial charge on any atom is 0.449 e. The first-order chi connectivity index (χ1) is 12.3. The van der Waals surface area contributed by atoms with Crippen molar-refractivity contribution in [3.05, 3.63) is 58.4 Å². The molecule has 0 aliphatic heterocycles. The van der Waals surface area contributed by atoms with Gasteiger partial charge in [0.25, 0.3) is 0 Å². The van der Waals surface area contributed by atoms with Crippen LogP contribution in [-0.2, 0) is 12.7 Å². The molecule has 7 heteroatoms. The summed E-state index contributed by atoms with van der Waals surface area (Å²) in [7, 11) is 0. The lowest BCUT2D eigenvalue weighted by Crippen LogP contribution is -2.16. The van der Waals surface area contributed by atoms with Gasteiger partial charge in [0.05, 0.1) is 17.6 Å². The molecule has 0 saturated heterocycles. The summed E-state index contributed by atoms with van der Waals surface area (Å²) in [5, 5.41) is 0.692. The second kappa shape index (κ2) is 7.19. The minimum absolute atomic E-state index is 0.168. The Morgan fingerprint density at radius 1 is 1.12 bits per heavy atom. The predicted octanol–water partition coefficient (Wildman–Crippen LogP) is 5.79. The number of alkyl halides is 3. The number of aromatic nitrogens is 2. The van der Waals surface area contributed by atoms with Gasteiger partial charge in [0.2, 0.25) is 5.82 Å². The summed E-state index contributed by atoms with van der Waals surface area (Å²) in [6, 6.07) is 10.2. The Morgan fingerprint density at radius 2 is 1.77 bits per heavy atom. The number of para-hydroxylation sites is 2. The van der Waals surface area contributed by atoms with E-state index < -0.39 is 12.0 Å². The number of benzene rings is 2. The van der Waals surface area contributed by atoms with Gasteiger partial charge < -0.3 is 9.30 Å². The molecule has 138 valence electrons. The van der Waals surface area contributed by atoms with Gasteiger partial charge in [-0.3, -0.25) is 0 Å². The van der Waals surface area contributed by atoms with E-state index >= 15 is 0 Å². The number of aryl methyl sites for hydroxylation is 3. The highest BCUT2D eigenvalue weighted by molar-refractivity contribution is 6.32. The minimum Gasteiger partial charge on any atom is -0.494 e. The molecule has 0 radical (unpaired) electrons. The van der Waals surface area contributed by atoms with Crippen LogP contribution in [0.25, 0.3) is 11.0 Å². The summed E-state index contributed by atoms with van der Waals surface area (Å²) >= 11 is 6.12. The lowest BCUT2D eigenvalue weighted by molar-refractivity contribution is -0.147. The highest BCUT2D eigenvalue weighted by Crippen LogP contribution is 2.31. The molecule has 0 amide bonds. The van der Waals surface area contributed by atoms with Crippen LogP contribution in [0.4, 0.5) is 13.2 Å². The second-order valence-electron chi connectivity index (χ2n) is 6.15. The fourth-order valence-electron chi connectivity index (χ4n) is 2.92. The van der Waals surface area contributed by atoms with Crippen LogP contribution < -0.4 is 4.74 Å². The topological polar surface area (TPSA) is 27.1 Å². The SMILES string of the molecule is Cc1cc(OCCCn2c(C(F)(F)F)nc3ccccc32)cc(C)c1Cl. The quantitative estimate of drug-likeness (QED) is 0.522. The Labute approximate surface area is 154 Å². The second-order valence-corrected chi connectivity index (χ2v) is 6.52. The molecule has 0 bridgehead atoms. The molecular formula is C19H18ClF3N2O. The molecule has 0 aliphatic rings. The molecule has 0 aliphatic carbocycles. The van der Waals surface area contributed by atoms with Gasteiger partial charge in [-0.15, -0.1) is 0 Å². The number of ether oxygens (including phenoxy) is 1. The maximum atomic E-state index is 13.3. The zero-order chi connectivity index (χ0) is 18.9. The van der Waals surface area contributed by atoms with Crippen molar-refractivity contribution in [2.75, 3.05) is 6.61 Å². The molecule has 1 heterocycles. The third kappa shape index (κ3) is 3.80. The van der Waals surface area contributed by atoms with Crippen LogP contribution in [0.1, 0.15) is 23.4 Å². The summed E-state index contributed by atoms with van der Waals surface area (Å²) in [5.74, 6) is -0.215. The minimum atomic E-state index is -4.50. The first kappa shape index (κ1) is 18.6. The number of hydrogen-bond donors (Lipinski definition) is 0. The first-order valence-electron chi connectivity index (χ1n) is 8.19. The van der Waals surface area contributed by atoms with Crippen LogP contribution in [0, 0.1) is 13.8 Å². The molecule has 26 heavy (non-hydrogen) atoms. The van der Waals surface area contributed by atoms with Crippen LogP contribution in [0.5, 0.6) is 5.75 Å². The summed E-state index contributed by atoms with van der Waals surface area (Å²) in [5.41, 5.74) is 2.62. The van der Waals surface area contributed by atoms with Crippen molar-refractivity contribution < 1.29 is 17.9 Å². The number of hydrogen-bond acceptors (Lipinski definition) is 2. The van der Waals surface area contributed by atoms with E-state index in [1.807, 2.05) is 26.0 Å². The molecule has 3 aromatic rings. The largest absolute Gasteiger partial charge is 0.494 e. The van der Waals surface area contributed by atoms with Crippen molar-refractivity contribution in [2.24, 2.45) is 0 Å². The zero-order valence-corrected chi connectivity index (χ0v) is 15.2. The molecule has 3 rings (SSSR count). The summed E-state index contributed by atoms with van der Waals surface area (Å²) in [6.45, 7) is 4.23. The van der Waals surface area contributed by atoms with E-state index in [2.05, 4.69) is 4.98 Å². The molecule has 0 fully saturated rings. The fourth-order valence-corrected chi connectivity index (χ4v) is 3.03. The molecule has 2 aromatic carbocycles. The van der Waals surface area contributed by atoms with Crippen LogP contribution in [-0.4, -0.2) is 16.2 Å². The van der Waals surface area contributed by atoms with Gasteiger partial charge in [0, 0.05) is 11.6 Å². The standard InChI is InChI=1S/C19H18ClF3N2O/c1-12-10-14(11-13(2)17(12)20)26-9-5-8-25-16-7-4-3-6-15(16)24-18(25)19(21,22)23/h3-4,6-7,10-11H,5,8-9H2,1-2H3. The number of nitrogens with zero attached hydrogens (tertiary/aromatic N) is 2. The van der Waals surface area contributed by atoms with Gasteiger partial charge in [-0.25, -0.2) is 4.98 Å². The Balaban J connectivity index is 1.72. The Hall–Kier alpha value is -2.21. The third-order valence-electron chi connectivity index (χ3n) is 4.11. The maximum absolute atomic E-state index is 13.3. The number of rotatable bonds is 5. The normalized spacial score (nSPS) is 11.9. The van der Waals surface area contributed by atoms with Crippen molar-refractivity contribution in [2.45, 2.75) is 33.0 Å². The van der Waals surface area contributed by atoms with E-state index in [-0.39, 0.29) is 6.54 Å². The molecular weight excluding hydrogens is 365 g/mol.